The molecule has 10 heteroatoms. The number of aromatic nitrogens is 1. The van der Waals surface area contributed by atoms with Crippen molar-refractivity contribution in [2.45, 2.75) is 54.5 Å². The van der Waals surface area contributed by atoms with Gasteiger partial charge >= 0.3 is 6.18 Å². The van der Waals surface area contributed by atoms with E-state index in [2.05, 4.69) is 15.6 Å². The van der Waals surface area contributed by atoms with E-state index in [0.29, 0.717) is 43.6 Å². The van der Waals surface area contributed by atoms with Crippen LogP contribution < -0.4 is 10.6 Å². The molecule has 0 radical (unpaired) electrons. The fourth-order valence-electron chi connectivity index (χ4n) is 5.01. The molecular weight excluding hydrogens is 503 g/mol. The lowest BCUT2D eigenvalue weighted by atomic mass is 9.95. The highest BCUT2D eigenvalue weighted by Crippen LogP contribution is 2.33. The zero-order chi connectivity index (χ0) is 26.2. The number of amides is 1. The van der Waals surface area contributed by atoms with Gasteiger partial charge < -0.3 is 10.6 Å². The van der Waals surface area contributed by atoms with Crippen molar-refractivity contribution in [3.05, 3.63) is 77.5 Å². The van der Waals surface area contributed by atoms with Gasteiger partial charge in [0.15, 0.2) is 9.84 Å². The molecule has 1 aliphatic heterocycles. The Kier molecular flexibility index (Phi) is 6.70. The number of nitrogens with zero attached hydrogens (tertiary/aromatic N) is 1. The number of benzene rings is 2. The van der Waals surface area contributed by atoms with Crippen LogP contribution in [0.1, 0.15) is 47.2 Å². The van der Waals surface area contributed by atoms with Crippen molar-refractivity contribution in [3.63, 3.8) is 0 Å². The van der Waals surface area contributed by atoms with Gasteiger partial charge in [-0.15, -0.1) is 0 Å². The summed E-state index contributed by atoms with van der Waals surface area (Å²) in [6.45, 7) is 0.602. The largest absolute Gasteiger partial charge is 0.417 e. The summed E-state index contributed by atoms with van der Waals surface area (Å²) in [5.41, 5.74) is 2.66. The molecule has 1 fully saturated rings. The van der Waals surface area contributed by atoms with E-state index in [1.165, 1.54) is 6.07 Å². The fourth-order valence-corrected chi connectivity index (χ4v) is 6.80. The van der Waals surface area contributed by atoms with Gasteiger partial charge in [0.2, 0.25) is 0 Å². The second-order valence-corrected chi connectivity index (χ2v) is 11.7. The van der Waals surface area contributed by atoms with E-state index >= 15 is 0 Å². The van der Waals surface area contributed by atoms with Gasteiger partial charge in [-0.3, -0.25) is 4.79 Å². The maximum Gasteiger partial charge on any atom is 0.417 e. The van der Waals surface area contributed by atoms with Crippen molar-refractivity contribution in [2.24, 2.45) is 0 Å². The minimum absolute atomic E-state index is 0.0517. The summed E-state index contributed by atoms with van der Waals surface area (Å²) >= 11 is 0. The number of pyridine rings is 1. The Morgan fingerprint density at radius 3 is 2.27 bits per heavy atom. The van der Waals surface area contributed by atoms with Crippen molar-refractivity contribution >= 4 is 21.6 Å². The topological polar surface area (TPSA) is 88.2 Å². The second-order valence-electron chi connectivity index (χ2n) is 9.50. The maximum absolute atomic E-state index is 13.3. The highest BCUT2D eigenvalue weighted by Gasteiger charge is 2.33. The quantitative estimate of drug-likeness (QED) is 0.471. The first-order chi connectivity index (χ1) is 17.6. The molecule has 0 spiro atoms. The number of nitrogens with one attached hydrogen (secondary N) is 2. The summed E-state index contributed by atoms with van der Waals surface area (Å²) in [6, 6.07) is 14.7. The van der Waals surface area contributed by atoms with Crippen LogP contribution in [0.5, 0.6) is 0 Å². The number of anilines is 1. The molecule has 2 heterocycles. The molecule has 194 valence electrons. The fraction of sp³-hybridized carbons (Fsp3) is 0.333. The molecule has 1 amide bonds. The zero-order valence-electron chi connectivity index (χ0n) is 19.9. The van der Waals surface area contributed by atoms with E-state index in [1.807, 2.05) is 12.1 Å². The van der Waals surface area contributed by atoms with E-state index in [4.69, 9.17) is 0 Å². The molecule has 2 aliphatic rings. The number of hydrogen-bond donors (Lipinski definition) is 2. The first kappa shape index (κ1) is 25.3. The number of halogens is 3. The molecule has 1 saturated carbocycles. The molecule has 2 N–H and O–H groups in total. The van der Waals surface area contributed by atoms with Crippen LogP contribution in [0.4, 0.5) is 19.0 Å². The van der Waals surface area contributed by atoms with Crippen molar-refractivity contribution in [1.29, 1.82) is 0 Å². The molecule has 37 heavy (non-hydrogen) atoms. The lowest BCUT2D eigenvalue weighted by Crippen LogP contribution is -2.33. The molecule has 5 rings (SSSR count). The monoisotopic (exact) mass is 529 g/mol. The molecule has 2 aromatic carbocycles. The lowest BCUT2D eigenvalue weighted by molar-refractivity contribution is -0.137. The molecule has 0 bridgehead atoms. The normalized spacial score (nSPS) is 20.1. The summed E-state index contributed by atoms with van der Waals surface area (Å²) in [6.07, 6.45) is -0.822. The molecule has 3 aromatic rings. The van der Waals surface area contributed by atoms with Gasteiger partial charge in [0.1, 0.15) is 5.82 Å². The van der Waals surface area contributed by atoms with E-state index < -0.39 is 26.8 Å². The average Bonchev–Trinajstić information content (AvgIpc) is 2.89. The highest BCUT2D eigenvalue weighted by molar-refractivity contribution is 7.92. The first-order valence-electron chi connectivity index (χ1n) is 12.2. The number of alkyl halides is 3. The second kappa shape index (κ2) is 9.81. The molecule has 0 saturated heterocycles. The van der Waals surface area contributed by atoms with Gasteiger partial charge in [0.05, 0.1) is 15.7 Å². The summed E-state index contributed by atoms with van der Waals surface area (Å²) in [7, 11) is -3.52. The number of sulfone groups is 1. The van der Waals surface area contributed by atoms with E-state index in [-0.39, 0.29) is 16.8 Å². The summed E-state index contributed by atoms with van der Waals surface area (Å²) < 4.78 is 64.7. The number of rotatable bonds is 5. The number of hydrogen-bond acceptors (Lipinski definition) is 5. The Hall–Kier alpha value is -3.40. The van der Waals surface area contributed by atoms with Crippen molar-refractivity contribution in [1.82, 2.24) is 10.3 Å². The van der Waals surface area contributed by atoms with Gasteiger partial charge in [-0.1, -0.05) is 24.3 Å². The van der Waals surface area contributed by atoms with Crippen LogP contribution in [-0.2, 0) is 22.4 Å². The lowest BCUT2D eigenvalue weighted by Gasteiger charge is -2.29. The number of fused-ring (bicyclic) bond motifs is 1. The molecule has 0 atom stereocenters. The molecule has 6 nitrogen and oxygen atoms in total. The van der Waals surface area contributed by atoms with Gasteiger partial charge in [-0.25, -0.2) is 13.4 Å². The smallest absolute Gasteiger partial charge is 0.367 e. The predicted molar refractivity (Wildman–Crippen MR) is 134 cm³/mol. The van der Waals surface area contributed by atoms with Crippen molar-refractivity contribution < 1.29 is 26.4 Å². The van der Waals surface area contributed by atoms with Gasteiger partial charge in [0, 0.05) is 24.3 Å². The third-order valence-electron chi connectivity index (χ3n) is 7.10. The Labute approximate surface area is 213 Å². The van der Waals surface area contributed by atoms with E-state index in [0.717, 1.165) is 35.4 Å². The standard InChI is InChI=1S/C27H26F3N3O3S/c28-27(29,30)20-4-12-25(32-16-20)33-21-5-9-23(10-6-21)37(35,36)22-7-1-17(2-8-22)18-3-11-24-19(15-18)13-14-31-26(24)34/h1-4,7-8,11-12,15-16,21,23H,5-6,9-10,13-14H2,(H,31,34)(H,32,33). The SMILES string of the molecule is O=C1NCCc2cc(-c3ccc(S(=O)(=O)C4CCC(Nc5ccc(C(F)(F)F)cn5)CC4)cc3)ccc21. The summed E-state index contributed by atoms with van der Waals surface area (Å²) in [4.78, 5) is 16.1. The Morgan fingerprint density at radius 1 is 0.919 bits per heavy atom. The van der Waals surface area contributed by atoms with Crippen LogP contribution in [0.3, 0.4) is 0 Å². The molecule has 1 aromatic heterocycles. The van der Waals surface area contributed by atoms with E-state index in [1.54, 1.807) is 30.3 Å². The molecular formula is C27H26F3N3O3S. The first-order valence-corrected chi connectivity index (χ1v) is 13.7. The summed E-state index contributed by atoms with van der Waals surface area (Å²) in [5, 5.41) is 5.43. The van der Waals surface area contributed by atoms with Crippen LogP contribution in [0.25, 0.3) is 11.1 Å². The van der Waals surface area contributed by atoms with Gasteiger partial charge in [-0.05, 0) is 79.1 Å². The minimum Gasteiger partial charge on any atom is -0.367 e. The van der Waals surface area contributed by atoms with Crippen molar-refractivity contribution in [3.8, 4) is 11.1 Å². The van der Waals surface area contributed by atoms with Crippen LogP contribution in [0, 0.1) is 0 Å². The third kappa shape index (κ3) is 5.34. The Bertz CT molecular complexity index is 1400. The number of carbonyl (C=O) groups excluding carboxylic acids is 1. The minimum atomic E-state index is -4.44. The van der Waals surface area contributed by atoms with Crippen LogP contribution in [-0.4, -0.2) is 37.1 Å². The van der Waals surface area contributed by atoms with Crippen molar-refractivity contribution in [2.75, 3.05) is 11.9 Å². The average molecular weight is 530 g/mol. The van der Waals surface area contributed by atoms with Gasteiger partial charge in [0.25, 0.3) is 5.91 Å². The maximum atomic E-state index is 13.3. The highest BCUT2D eigenvalue weighted by atomic mass is 32.2. The van der Waals surface area contributed by atoms with Crippen LogP contribution >= 0.6 is 0 Å². The van der Waals surface area contributed by atoms with Crippen LogP contribution in [0.15, 0.2) is 65.7 Å². The Balaban J connectivity index is 1.22. The van der Waals surface area contributed by atoms with E-state index in [9.17, 15) is 26.4 Å². The third-order valence-corrected chi connectivity index (χ3v) is 9.38. The summed E-state index contributed by atoms with van der Waals surface area (Å²) in [5.74, 6) is 0.271. The zero-order valence-corrected chi connectivity index (χ0v) is 20.7. The van der Waals surface area contributed by atoms with Gasteiger partial charge in [-0.2, -0.15) is 13.2 Å². The van der Waals surface area contributed by atoms with Crippen LogP contribution in [0.2, 0.25) is 0 Å². The molecule has 0 unspecified atom stereocenters. The molecule has 1 aliphatic carbocycles. The predicted octanol–water partition coefficient (Wildman–Crippen LogP) is 5.25. The number of carbonyl (C=O) groups is 1. The Morgan fingerprint density at radius 2 is 1.62 bits per heavy atom.